The molecule has 0 bridgehead atoms. The molecule has 1 aromatic carbocycles. The van der Waals surface area contributed by atoms with Gasteiger partial charge in [0.15, 0.2) is 11.0 Å². The van der Waals surface area contributed by atoms with Crippen molar-refractivity contribution in [1.82, 2.24) is 9.97 Å². The lowest BCUT2D eigenvalue weighted by atomic mass is 10.3. The number of anilines is 1. The van der Waals surface area contributed by atoms with Crippen LogP contribution < -0.4 is 10.1 Å². The lowest BCUT2D eigenvalue weighted by Gasteiger charge is -1.97. The van der Waals surface area contributed by atoms with Gasteiger partial charge < -0.3 is 14.5 Å². The molecule has 1 N–H and O–H groups in total. The Kier molecular flexibility index (Phi) is 3.57. The Morgan fingerprint density at radius 1 is 1.43 bits per heavy atom. The third-order valence-electron chi connectivity index (χ3n) is 2.85. The maximum Gasteiger partial charge on any atom is 0.232 e. The van der Waals surface area contributed by atoms with E-state index < -0.39 is 0 Å². The number of amides is 1. The normalized spacial score (nSPS) is 10.8. The lowest BCUT2D eigenvalue weighted by molar-refractivity contribution is -0.115. The molecule has 0 saturated heterocycles. The van der Waals surface area contributed by atoms with E-state index in [2.05, 4.69) is 15.3 Å². The van der Waals surface area contributed by atoms with E-state index in [1.165, 1.54) is 17.6 Å². The van der Waals surface area contributed by atoms with E-state index in [4.69, 9.17) is 9.15 Å². The van der Waals surface area contributed by atoms with Gasteiger partial charge in [-0.05, 0) is 18.2 Å². The summed E-state index contributed by atoms with van der Waals surface area (Å²) < 4.78 is 11.2. The molecule has 3 rings (SSSR count). The monoisotopic (exact) mass is 303 g/mol. The van der Waals surface area contributed by atoms with E-state index in [-0.39, 0.29) is 12.3 Å². The minimum absolute atomic E-state index is 0.163. The Balaban J connectivity index is 1.73. The van der Waals surface area contributed by atoms with Crippen molar-refractivity contribution in [3.63, 3.8) is 0 Å². The zero-order valence-corrected chi connectivity index (χ0v) is 12.4. The van der Waals surface area contributed by atoms with Crippen LogP contribution in [0.5, 0.6) is 5.75 Å². The van der Waals surface area contributed by atoms with Gasteiger partial charge in [0.1, 0.15) is 12.0 Å². The number of oxazole rings is 1. The molecule has 3 aromatic rings. The van der Waals surface area contributed by atoms with Crippen LogP contribution in [-0.2, 0) is 11.2 Å². The average molecular weight is 303 g/mol. The molecule has 0 unspecified atom stereocenters. The zero-order chi connectivity index (χ0) is 14.8. The molecule has 0 aliphatic rings. The van der Waals surface area contributed by atoms with Gasteiger partial charge in [-0.1, -0.05) is 11.3 Å². The summed E-state index contributed by atoms with van der Waals surface area (Å²) in [5.74, 6) is 1.14. The van der Waals surface area contributed by atoms with Gasteiger partial charge in [0, 0.05) is 6.92 Å². The molecule has 0 spiro atoms. The summed E-state index contributed by atoms with van der Waals surface area (Å²) in [6.45, 7) is 1.74. The van der Waals surface area contributed by atoms with Gasteiger partial charge in [-0.15, -0.1) is 0 Å². The quantitative estimate of drug-likeness (QED) is 0.802. The average Bonchev–Trinajstić information content (AvgIpc) is 3.03. The zero-order valence-electron chi connectivity index (χ0n) is 11.5. The molecule has 7 heteroatoms. The van der Waals surface area contributed by atoms with Crippen LogP contribution >= 0.6 is 11.3 Å². The van der Waals surface area contributed by atoms with Crippen LogP contribution in [0.3, 0.4) is 0 Å². The van der Waals surface area contributed by atoms with E-state index in [1.807, 2.05) is 18.2 Å². The minimum Gasteiger partial charge on any atom is -0.497 e. The van der Waals surface area contributed by atoms with Crippen molar-refractivity contribution in [3.8, 4) is 5.75 Å². The highest BCUT2D eigenvalue weighted by Crippen LogP contribution is 2.29. The Morgan fingerprint density at radius 2 is 2.29 bits per heavy atom. The number of methoxy groups -OCH3 is 1. The van der Waals surface area contributed by atoms with Crippen LogP contribution in [0.4, 0.5) is 5.13 Å². The number of hydrogen-bond donors (Lipinski definition) is 1. The first-order valence-corrected chi connectivity index (χ1v) is 7.11. The van der Waals surface area contributed by atoms with Gasteiger partial charge in [-0.25, -0.2) is 9.97 Å². The fourth-order valence-corrected chi connectivity index (χ4v) is 2.81. The number of ether oxygens (including phenoxy) is 1. The van der Waals surface area contributed by atoms with Gasteiger partial charge in [0.05, 0.1) is 29.4 Å². The number of carbonyl (C=O) groups excluding carboxylic acids is 1. The fraction of sp³-hybridized carbons (Fsp3) is 0.214. The molecule has 0 fully saturated rings. The molecule has 6 nitrogen and oxygen atoms in total. The van der Waals surface area contributed by atoms with Gasteiger partial charge in [0.25, 0.3) is 0 Å². The van der Waals surface area contributed by atoms with E-state index in [9.17, 15) is 4.79 Å². The largest absolute Gasteiger partial charge is 0.497 e. The van der Waals surface area contributed by atoms with Crippen molar-refractivity contribution in [2.45, 2.75) is 13.3 Å². The summed E-state index contributed by atoms with van der Waals surface area (Å²) in [5.41, 5.74) is 1.43. The number of thiazole rings is 1. The second-order valence-corrected chi connectivity index (χ2v) is 5.47. The van der Waals surface area contributed by atoms with Gasteiger partial charge in [-0.2, -0.15) is 0 Å². The third kappa shape index (κ3) is 3.03. The molecular weight excluding hydrogens is 290 g/mol. The second kappa shape index (κ2) is 5.53. The maximum absolute atomic E-state index is 11.9. The summed E-state index contributed by atoms with van der Waals surface area (Å²) in [6, 6.07) is 5.59. The maximum atomic E-state index is 11.9. The van der Waals surface area contributed by atoms with Crippen LogP contribution in [0, 0.1) is 6.92 Å². The molecule has 0 atom stereocenters. The molecule has 0 aliphatic carbocycles. The predicted octanol–water partition coefficient (Wildman–Crippen LogP) is 2.78. The van der Waals surface area contributed by atoms with Crippen molar-refractivity contribution in [3.05, 3.63) is 36.0 Å². The molecule has 1 amide bonds. The number of aryl methyl sites for hydroxylation is 1. The van der Waals surface area contributed by atoms with Gasteiger partial charge >= 0.3 is 0 Å². The first kappa shape index (κ1) is 13.6. The first-order valence-electron chi connectivity index (χ1n) is 6.29. The lowest BCUT2D eigenvalue weighted by Crippen LogP contribution is -2.14. The van der Waals surface area contributed by atoms with Crippen molar-refractivity contribution in [1.29, 1.82) is 0 Å². The fourth-order valence-electron chi connectivity index (χ4n) is 1.90. The molecule has 0 radical (unpaired) electrons. The Morgan fingerprint density at radius 3 is 3.00 bits per heavy atom. The highest BCUT2D eigenvalue weighted by atomic mass is 32.1. The van der Waals surface area contributed by atoms with E-state index in [1.54, 1.807) is 14.0 Å². The molecule has 2 aromatic heterocycles. The summed E-state index contributed by atoms with van der Waals surface area (Å²) in [4.78, 5) is 20.4. The topological polar surface area (TPSA) is 77.2 Å². The van der Waals surface area contributed by atoms with Crippen LogP contribution in [-0.4, -0.2) is 23.0 Å². The number of benzene rings is 1. The molecule has 0 aliphatic heterocycles. The Hall–Kier alpha value is -2.41. The third-order valence-corrected chi connectivity index (χ3v) is 3.78. The van der Waals surface area contributed by atoms with Crippen LogP contribution in [0.2, 0.25) is 0 Å². The molecule has 0 saturated carbocycles. The summed E-state index contributed by atoms with van der Waals surface area (Å²) >= 11 is 1.40. The number of nitrogens with zero attached hydrogens (tertiary/aromatic N) is 2. The summed E-state index contributed by atoms with van der Waals surface area (Å²) in [7, 11) is 1.62. The highest BCUT2D eigenvalue weighted by molar-refractivity contribution is 7.22. The Bertz CT molecular complexity index is 794. The van der Waals surface area contributed by atoms with E-state index >= 15 is 0 Å². The molecule has 108 valence electrons. The van der Waals surface area contributed by atoms with E-state index in [0.717, 1.165) is 16.0 Å². The number of rotatable bonds is 4. The van der Waals surface area contributed by atoms with Gasteiger partial charge in [-0.3, -0.25) is 4.79 Å². The number of carbonyl (C=O) groups is 1. The van der Waals surface area contributed by atoms with Crippen molar-refractivity contribution >= 4 is 32.6 Å². The highest BCUT2D eigenvalue weighted by Gasteiger charge is 2.11. The van der Waals surface area contributed by atoms with Crippen LogP contribution in [0.1, 0.15) is 11.6 Å². The standard InChI is InChI=1S/C14H13N3O3S/c1-8-15-9(7-20-8)5-13(18)17-14-16-11-4-3-10(19-2)6-12(11)21-14/h3-4,6-7H,5H2,1-2H3,(H,16,17,18). The Labute approximate surface area is 124 Å². The van der Waals surface area contributed by atoms with E-state index in [0.29, 0.717) is 16.7 Å². The van der Waals surface area contributed by atoms with Crippen molar-refractivity contribution in [2.24, 2.45) is 0 Å². The number of nitrogens with one attached hydrogen (secondary N) is 1. The molecule has 21 heavy (non-hydrogen) atoms. The molecule has 2 heterocycles. The molecular formula is C14H13N3O3S. The summed E-state index contributed by atoms with van der Waals surface area (Å²) in [5, 5.41) is 3.33. The SMILES string of the molecule is COc1ccc2nc(NC(=O)Cc3coc(C)n3)sc2c1. The number of aromatic nitrogens is 2. The smallest absolute Gasteiger partial charge is 0.232 e. The minimum atomic E-state index is -0.172. The second-order valence-electron chi connectivity index (χ2n) is 4.44. The van der Waals surface area contributed by atoms with Crippen molar-refractivity contribution < 1.29 is 13.9 Å². The number of hydrogen-bond acceptors (Lipinski definition) is 6. The number of fused-ring (bicyclic) bond motifs is 1. The van der Waals surface area contributed by atoms with Crippen molar-refractivity contribution in [2.75, 3.05) is 12.4 Å². The first-order chi connectivity index (χ1) is 10.1. The van der Waals surface area contributed by atoms with Crippen LogP contribution in [0.15, 0.2) is 28.9 Å². The predicted molar refractivity (Wildman–Crippen MR) is 79.7 cm³/mol. The summed E-state index contributed by atoms with van der Waals surface area (Å²) in [6.07, 6.45) is 1.65. The van der Waals surface area contributed by atoms with Crippen LogP contribution in [0.25, 0.3) is 10.2 Å². The van der Waals surface area contributed by atoms with Gasteiger partial charge in [0.2, 0.25) is 5.91 Å².